The first-order valence-corrected chi connectivity index (χ1v) is 7.29. The quantitative estimate of drug-likeness (QED) is 0.630. The Bertz CT molecular complexity index is 416. The van der Waals surface area contributed by atoms with Gasteiger partial charge in [-0.05, 0) is 31.1 Å². The molecule has 3 heteroatoms. The summed E-state index contributed by atoms with van der Waals surface area (Å²) in [5.41, 5.74) is -0.463. The summed E-state index contributed by atoms with van der Waals surface area (Å²) in [6.07, 6.45) is 8.37. The van der Waals surface area contributed by atoms with Crippen LogP contribution in [0.25, 0.3) is 0 Å². The lowest BCUT2D eigenvalue weighted by molar-refractivity contribution is -0.217. The van der Waals surface area contributed by atoms with E-state index in [1.807, 2.05) is 0 Å². The molecule has 0 unspecified atom stereocenters. The summed E-state index contributed by atoms with van der Waals surface area (Å²) in [5.74, 6) is 0. The van der Waals surface area contributed by atoms with Gasteiger partial charge in [-0.2, -0.15) is 0 Å². The fourth-order valence-electron chi connectivity index (χ4n) is 5.34. The first-order chi connectivity index (χ1) is 8.81. The Hall–Kier alpha value is -0.380. The van der Waals surface area contributed by atoms with Gasteiger partial charge in [-0.1, -0.05) is 32.9 Å². The molecule has 3 aliphatic rings. The molecule has 0 bridgehead atoms. The van der Waals surface area contributed by atoms with E-state index in [0.29, 0.717) is 6.79 Å². The standard InChI is InChI=1S/C16H26O3/c1-13(2)9-16(17)10-15(16)8-6-5-7-14(15,3)12(13)19-11-18-4/h5-6,12,17H,7-11H2,1-4H3/t12-,14-,15+,16-/m0/s1. The fourth-order valence-corrected chi connectivity index (χ4v) is 5.34. The van der Waals surface area contributed by atoms with E-state index in [9.17, 15) is 5.11 Å². The largest absolute Gasteiger partial charge is 0.389 e. The molecule has 3 aliphatic carbocycles. The van der Waals surface area contributed by atoms with Crippen LogP contribution < -0.4 is 0 Å². The molecule has 2 fully saturated rings. The lowest BCUT2D eigenvalue weighted by Crippen LogP contribution is -2.58. The molecule has 108 valence electrons. The van der Waals surface area contributed by atoms with Crippen LogP contribution in [0.1, 0.15) is 46.5 Å². The van der Waals surface area contributed by atoms with Gasteiger partial charge in [-0.15, -0.1) is 0 Å². The molecule has 0 aromatic heterocycles. The van der Waals surface area contributed by atoms with Crippen LogP contribution in [0.3, 0.4) is 0 Å². The van der Waals surface area contributed by atoms with Crippen molar-refractivity contribution in [1.82, 2.24) is 0 Å². The van der Waals surface area contributed by atoms with Gasteiger partial charge in [0.15, 0.2) is 0 Å². The van der Waals surface area contributed by atoms with Gasteiger partial charge < -0.3 is 14.6 Å². The zero-order valence-corrected chi connectivity index (χ0v) is 12.5. The third-order valence-electron chi connectivity index (χ3n) is 6.02. The van der Waals surface area contributed by atoms with Crippen molar-refractivity contribution in [3.05, 3.63) is 12.2 Å². The Morgan fingerprint density at radius 1 is 1.16 bits per heavy atom. The zero-order chi connectivity index (χ0) is 13.9. The smallest absolute Gasteiger partial charge is 0.146 e. The lowest BCUT2D eigenvalue weighted by atomic mass is 9.52. The van der Waals surface area contributed by atoms with Crippen LogP contribution >= 0.6 is 0 Å². The molecule has 2 saturated carbocycles. The molecule has 0 heterocycles. The van der Waals surface area contributed by atoms with Crippen molar-refractivity contribution >= 4 is 0 Å². The Morgan fingerprint density at radius 2 is 1.84 bits per heavy atom. The van der Waals surface area contributed by atoms with E-state index in [4.69, 9.17) is 9.47 Å². The molecule has 0 amide bonds. The Balaban J connectivity index is 2.00. The van der Waals surface area contributed by atoms with Crippen molar-refractivity contribution in [3.63, 3.8) is 0 Å². The van der Waals surface area contributed by atoms with Crippen LogP contribution in [-0.2, 0) is 9.47 Å². The van der Waals surface area contributed by atoms with Gasteiger partial charge in [0.25, 0.3) is 0 Å². The van der Waals surface area contributed by atoms with E-state index in [1.165, 1.54) is 0 Å². The minimum absolute atomic E-state index is 0.0107. The van der Waals surface area contributed by atoms with Crippen LogP contribution in [0.2, 0.25) is 0 Å². The van der Waals surface area contributed by atoms with Crippen molar-refractivity contribution < 1.29 is 14.6 Å². The van der Waals surface area contributed by atoms with Crippen molar-refractivity contribution in [2.24, 2.45) is 16.2 Å². The van der Waals surface area contributed by atoms with Crippen molar-refractivity contribution in [2.45, 2.75) is 58.2 Å². The fraction of sp³-hybridized carbons (Fsp3) is 0.875. The molecule has 0 saturated heterocycles. The molecule has 0 aliphatic heterocycles. The second-order valence-corrected chi connectivity index (χ2v) is 7.71. The monoisotopic (exact) mass is 266 g/mol. The van der Waals surface area contributed by atoms with E-state index < -0.39 is 5.60 Å². The molecular formula is C16H26O3. The second-order valence-electron chi connectivity index (χ2n) is 7.71. The highest BCUT2D eigenvalue weighted by molar-refractivity contribution is 5.33. The molecule has 0 radical (unpaired) electrons. The highest BCUT2D eigenvalue weighted by atomic mass is 16.7. The van der Waals surface area contributed by atoms with Gasteiger partial charge in [-0.3, -0.25) is 0 Å². The van der Waals surface area contributed by atoms with Gasteiger partial charge in [0.2, 0.25) is 0 Å². The van der Waals surface area contributed by atoms with Crippen molar-refractivity contribution in [2.75, 3.05) is 13.9 Å². The average molecular weight is 266 g/mol. The third-order valence-corrected chi connectivity index (χ3v) is 6.02. The predicted molar refractivity (Wildman–Crippen MR) is 73.6 cm³/mol. The van der Waals surface area contributed by atoms with E-state index in [0.717, 1.165) is 25.7 Å². The zero-order valence-electron chi connectivity index (χ0n) is 12.5. The number of methoxy groups -OCH3 is 1. The Morgan fingerprint density at radius 3 is 2.53 bits per heavy atom. The SMILES string of the molecule is COCO[C@H]1C(C)(C)C[C@]2(O)C[C@@]23CC=CC[C@@]13C. The molecule has 0 aromatic carbocycles. The number of hydrogen-bond donors (Lipinski definition) is 1. The summed E-state index contributed by atoms with van der Waals surface area (Å²) < 4.78 is 11.2. The maximum absolute atomic E-state index is 11.0. The van der Waals surface area contributed by atoms with Crippen molar-refractivity contribution in [1.29, 1.82) is 0 Å². The molecule has 4 atom stereocenters. The van der Waals surface area contributed by atoms with Gasteiger partial charge in [0.05, 0.1) is 11.7 Å². The summed E-state index contributed by atoms with van der Waals surface area (Å²) in [7, 11) is 1.67. The van der Waals surface area contributed by atoms with Crippen molar-refractivity contribution in [3.8, 4) is 0 Å². The topological polar surface area (TPSA) is 38.7 Å². The molecule has 3 rings (SSSR count). The molecule has 0 aromatic rings. The highest BCUT2D eigenvalue weighted by Crippen LogP contribution is 2.78. The van der Waals surface area contributed by atoms with Crippen LogP contribution in [-0.4, -0.2) is 30.7 Å². The van der Waals surface area contributed by atoms with E-state index in [1.54, 1.807) is 7.11 Å². The number of allylic oxidation sites excluding steroid dienone is 2. The molecular weight excluding hydrogens is 240 g/mol. The van der Waals surface area contributed by atoms with E-state index >= 15 is 0 Å². The summed E-state index contributed by atoms with van der Waals surface area (Å²) in [4.78, 5) is 0. The molecule has 1 spiro atoms. The number of ether oxygens (including phenoxy) is 2. The summed E-state index contributed by atoms with van der Waals surface area (Å²) in [6, 6.07) is 0. The maximum Gasteiger partial charge on any atom is 0.146 e. The van der Waals surface area contributed by atoms with Gasteiger partial charge in [-0.25, -0.2) is 0 Å². The van der Waals surface area contributed by atoms with E-state index in [-0.39, 0.29) is 22.3 Å². The Kier molecular flexibility index (Phi) is 2.74. The maximum atomic E-state index is 11.0. The van der Waals surface area contributed by atoms with Gasteiger partial charge in [0, 0.05) is 17.9 Å². The molecule has 19 heavy (non-hydrogen) atoms. The average Bonchev–Trinajstić information content (AvgIpc) is 2.88. The first-order valence-electron chi connectivity index (χ1n) is 7.29. The summed E-state index contributed by atoms with van der Waals surface area (Å²) in [5, 5.41) is 11.0. The number of aliphatic hydroxyl groups is 1. The van der Waals surface area contributed by atoms with Crippen LogP contribution in [0, 0.1) is 16.2 Å². The minimum atomic E-state index is -0.483. The third kappa shape index (κ3) is 1.55. The predicted octanol–water partition coefficient (Wildman–Crippen LogP) is 2.88. The lowest BCUT2D eigenvalue weighted by Gasteiger charge is -2.57. The molecule has 1 N–H and O–H groups in total. The van der Waals surface area contributed by atoms with Crippen LogP contribution in [0.5, 0.6) is 0 Å². The second kappa shape index (κ2) is 3.84. The summed E-state index contributed by atoms with van der Waals surface area (Å²) >= 11 is 0. The van der Waals surface area contributed by atoms with E-state index in [2.05, 4.69) is 32.9 Å². The first kappa shape index (κ1) is 13.6. The van der Waals surface area contributed by atoms with Crippen LogP contribution in [0.4, 0.5) is 0 Å². The number of hydrogen-bond acceptors (Lipinski definition) is 3. The minimum Gasteiger partial charge on any atom is -0.389 e. The normalized spacial score (nSPS) is 50.5. The van der Waals surface area contributed by atoms with Gasteiger partial charge >= 0.3 is 0 Å². The highest BCUT2D eigenvalue weighted by Gasteiger charge is 2.80. The van der Waals surface area contributed by atoms with Gasteiger partial charge in [0.1, 0.15) is 6.79 Å². The number of rotatable bonds is 3. The van der Waals surface area contributed by atoms with Crippen LogP contribution in [0.15, 0.2) is 12.2 Å². The molecule has 3 nitrogen and oxygen atoms in total. The Labute approximate surface area is 116 Å². The summed E-state index contributed by atoms with van der Waals surface area (Å²) in [6.45, 7) is 7.08.